The van der Waals surface area contributed by atoms with E-state index in [-0.39, 0.29) is 5.69 Å². The van der Waals surface area contributed by atoms with Crippen molar-refractivity contribution in [3.63, 3.8) is 0 Å². The Labute approximate surface area is 80.3 Å². The van der Waals surface area contributed by atoms with E-state index in [1.807, 2.05) is 6.92 Å². The van der Waals surface area contributed by atoms with E-state index in [9.17, 15) is 9.59 Å². The number of carboxylic acid groups (broad SMARTS) is 1. The zero-order valence-corrected chi connectivity index (χ0v) is 7.70. The monoisotopic (exact) mass is 197 g/mol. The van der Waals surface area contributed by atoms with E-state index < -0.39 is 18.4 Å². The molecule has 0 bridgehead atoms. The third kappa shape index (κ3) is 2.58. The number of rotatable bonds is 4. The minimum absolute atomic E-state index is 0.211. The van der Waals surface area contributed by atoms with Crippen LogP contribution >= 0.6 is 0 Å². The molecule has 0 aliphatic carbocycles. The molecule has 0 aliphatic heterocycles. The van der Waals surface area contributed by atoms with Crippen LogP contribution in [0.25, 0.3) is 0 Å². The van der Waals surface area contributed by atoms with Gasteiger partial charge in [0.15, 0.2) is 0 Å². The molecule has 0 fully saturated rings. The normalized spacial score (nSPS) is 9.79. The fourth-order valence-corrected chi connectivity index (χ4v) is 0.906. The molecule has 1 heterocycles. The van der Waals surface area contributed by atoms with Crippen LogP contribution in [0.1, 0.15) is 23.1 Å². The number of nitrogens with zero attached hydrogens (tertiary/aromatic N) is 1. The second-order valence-corrected chi connectivity index (χ2v) is 2.71. The van der Waals surface area contributed by atoms with Gasteiger partial charge in [-0.05, 0) is 12.5 Å². The molecule has 14 heavy (non-hydrogen) atoms. The van der Waals surface area contributed by atoms with Crippen molar-refractivity contribution < 1.29 is 14.7 Å². The van der Waals surface area contributed by atoms with E-state index in [0.29, 0.717) is 0 Å². The Morgan fingerprint density at radius 2 is 2.36 bits per heavy atom. The van der Waals surface area contributed by atoms with E-state index in [1.165, 1.54) is 0 Å². The molecular weight excluding hydrogens is 186 g/mol. The van der Waals surface area contributed by atoms with Gasteiger partial charge in [0, 0.05) is 5.69 Å². The molecule has 1 aromatic rings. The second-order valence-electron chi connectivity index (χ2n) is 2.71. The number of hydrogen-bond donors (Lipinski definition) is 3. The van der Waals surface area contributed by atoms with E-state index in [2.05, 4.69) is 15.5 Å². The zero-order chi connectivity index (χ0) is 10.6. The van der Waals surface area contributed by atoms with Gasteiger partial charge in [0.05, 0.1) is 0 Å². The Morgan fingerprint density at radius 3 is 2.86 bits per heavy atom. The van der Waals surface area contributed by atoms with E-state index in [4.69, 9.17) is 5.11 Å². The molecule has 6 nitrogen and oxygen atoms in total. The summed E-state index contributed by atoms with van der Waals surface area (Å²) >= 11 is 0. The van der Waals surface area contributed by atoms with Crippen LogP contribution in [0.2, 0.25) is 0 Å². The molecule has 3 N–H and O–H groups in total. The Morgan fingerprint density at radius 1 is 1.64 bits per heavy atom. The summed E-state index contributed by atoms with van der Waals surface area (Å²) in [6.07, 6.45) is 0.749. The number of carbonyl (C=O) groups is 2. The first kappa shape index (κ1) is 10.2. The lowest BCUT2D eigenvalue weighted by Crippen LogP contribution is -2.29. The fraction of sp³-hybridized carbons (Fsp3) is 0.375. The maximum atomic E-state index is 11.2. The number of carbonyl (C=O) groups excluding carboxylic acids is 1. The van der Waals surface area contributed by atoms with Gasteiger partial charge >= 0.3 is 5.97 Å². The Balaban J connectivity index is 2.56. The van der Waals surface area contributed by atoms with Crippen LogP contribution < -0.4 is 5.32 Å². The highest BCUT2D eigenvalue weighted by Gasteiger charge is 2.10. The minimum Gasteiger partial charge on any atom is -0.480 e. The first-order valence-corrected chi connectivity index (χ1v) is 4.17. The van der Waals surface area contributed by atoms with Gasteiger partial charge in [-0.25, -0.2) is 0 Å². The molecule has 1 amide bonds. The number of hydrogen-bond acceptors (Lipinski definition) is 3. The highest BCUT2D eigenvalue weighted by atomic mass is 16.4. The van der Waals surface area contributed by atoms with Crippen molar-refractivity contribution in [1.82, 2.24) is 15.5 Å². The molecule has 0 saturated carbocycles. The number of amides is 1. The number of aliphatic carboxylic acids is 1. The highest BCUT2D eigenvalue weighted by molar-refractivity contribution is 5.94. The zero-order valence-electron chi connectivity index (χ0n) is 7.70. The van der Waals surface area contributed by atoms with Crippen molar-refractivity contribution in [1.29, 1.82) is 0 Å². The third-order valence-electron chi connectivity index (χ3n) is 1.64. The van der Waals surface area contributed by atoms with Crippen molar-refractivity contribution in [3.8, 4) is 0 Å². The average Bonchev–Trinajstić information content (AvgIpc) is 2.62. The molecule has 0 unspecified atom stereocenters. The van der Waals surface area contributed by atoms with Crippen molar-refractivity contribution >= 4 is 11.9 Å². The summed E-state index contributed by atoms with van der Waals surface area (Å²) in [5.74, 6) is -1.56. The lowest BCUT2D eigenvalue weighted by Gasteiger charge is -1.96. The van der Waals surface area contributed by atoms with Crippen LogP contribution in [0, 0.1) is 0 Å². The first-order chi connectivity index (χ1) is 6.63. The average molecular weight is 197 g/mol. The molecule has 0 atom stereocenters. The molecule has 0 spiro atoms. The van der Waals surface area contributed by atoms with E-state index in [0.717, 1.165) is 12.1 Å². The van der Waals surface area contributed by atoms with Gasteiger partial charge in [-0.1, -0.05) is 6.92 Å². The molecule has 1 rings (SSSR count). The minimum atomic E-state index is -1.08. The number of aromatic nitrogens is 2. The largest absolute Gasteiger partial charge is 0.480 e. The van der Waals surface area contributed by atoms with Crippen molar-refractivity contribution in [2.45, 2.75) is 13.3 Å². The summed E-state index contributed by atoms with van der Waals surface area (Å²) in [5, 5.41) is 16.9. The lowest BCUT2D eigenvalue weighted by atomic mass is 10.3. The predicted molar refractivity (Wildman–Crippen MR) is 47.9 cm³/mol. The van der Waals surface area contributed by atoms with Crippen molar-refractivity contribution in [3.05, 3.63) is 17.5 Å². The van der Waals surface area contributed by atoms with Crippen LogP contribution in [-0.4, -0.2) is 33.7 Å². The summed E-state index contributed by atoms with van der Waals surface area (Å²) in [7, 11) is 0. The quantitative estimate of drug-likeness (QED) is 0.622. The van der Waals surface area contributed by atoms with Gasteiger partial charge < -0.3 is 10.4 Å². The number of aromatic amines is 1. The molecule has 1 aromatic heterocycles. The number of H-pyrrole nitrogens is 1. The summed E-state index contributed by atoms with van der Waals surface area (Å²) in [4.78, 5) is 21.4. The summed E-state index contributed by atoms with van der Waals surface area (Å²) in [6.45, 7) is 1.53. The van der Waals surface area contributed by atoms with Crippen LogP contribution in [0.5, 0.6) is 0 Å². The smallest absolute Gasteiger partial charge is 0.322 e. The maximum Gasteiger partial charge on any atom is 0.322 e. The van der Waals surface area contributed by atoms with E-state index >= 15 is 0 Å². The molecule has 0 aliphatic rings. The molecule has 76 valence electrons. The maximum absolute atomic E-state index is 11.2. The summed E-state index contributed by atoms with van der Waals surface area (Å²) in [5.41, 5.74) is 1.05. The van der Waals surface area contributed by atoms with Gasteiger partial charge in [-0.2, -0.15) is 5.10 Å². The van der Waals surface area contributed by atoms with Crippen molar-refractivity contribution in [2.24, 2.45) is 0 Å². The second kappa shape index (κ2) is 4.40. The highest BCUT2D eigenvalue weighted by Crippen LogP contribution is 1.99. The summed E-state index contributed by atoms with van der Waals surface area (Å²) < 4.78 is 0. The Hall–Kier alpha value is -1.85. The molecular formula is C8H11N3O3. The number of aryl methyl sites for hydroxylation is 1. The van der Waals surface area contributed by atoms with Crippen LogP contribution in [0.3, 0.4) is 0 Å². The predicted octanol–water partition coefficient (Wildman–Crippen LogP) is -0.214. The Bertz CT molecular complexity index is 345. The van der Waals surface area contributed by atoms with Crippen LogP contribution in [-0.2, 0) is 11.2 Å². The van der Waals surface area contributed by atoms with Crippen molar-refractivity contribution in [2.75, 3.05) is 6.54 Å². The Kier molecular flexibility index (Phi) is 3.22. The third-order valence-corrected chi connectivity index (χ3v) is 1.64. The fourth-order valence-electron chi connectivity index (χ4n) is 0.906. The van der Waals surface area contributed by atoms with Crippen LogP contribution in [0.15, 0.2) is 6.07 Å². The van der Waals surface area contributed by atoms with Gasteiger partial charge in [0.2, 0.25) is 0 Å². The van der Waals surface area contributed by atoms with Gasteiger partial charge in [0.25, 0.3) is 5.91 Å². The lowest BCUT2D eigenvalue weighted by molar-refractivity contribution is -0.135. The topological polar surface area (TPSA) is 95.1 Å². The SMILES string of the molecule is CCc1cc(C(=O)NCC(=O)O)n[nH]1. The van der Waals surface area contributed by atoms with Gasteiger partial charge in [0.1, 0.15) is 12.2 Å². The summed E-state index contributed by atoms with van der Waals surface area (Å²) in [6, 6.07) is 1.59. The molecule has 6 heteroatoms. The van der Waals surface area contributed by atoms with Gasteiger partial charge in [-0.3, -0.25) is 14.7 Å². The van der Waals surface area contributed by atoms with Crippen LogP contribution in [0.4, 0.5) is 0 Å². The molecule has 0 radical (unpaired) electrons. The molecule has 0 aromatic carbocycles. The van der Waals surface area contributed by atoms with E-state index in [1.54, 1.807) is 6.07 Å². The standard InChI is InChI=1S/C8H11N3O3/c1-2-5-3-6(11-10-5)8(14)9-4-7(12)13/h3H,2,4H2,1H3,(H,9,14)(H,10,11)(H,12,13). The number of nitrogens with one attached hydrogen (secondary N) is 2. The van der Waals surface area contributed by atoms with Gasteiger partial charge in [-0.15, -0.1) is 0 Å². The number of carboxylic acids is 1. The molecule has 0 saturated heterocycles. The first-order valence-electron chi connectivity index (χ1n) is 4.17.